The predicted octanol–water partition coefficient (Wildman–Crippen LogP) is 4.51. The molecule has 0 spiro atoms. The van der Waals surface area contributed by atoms with Crippen molar-refractivity contribution in [3.63, 3.8) is 0 Å². The number of nitrogens with one attached hydrogen (secondary N) is 1. The molecule has 1 aromatic carbocycles. The number of benzene rings is 1. The topological polar surface area (TPSA) is 41.6 Å². The van der Waals surface area contributed by atoms with Gasteiger partial charge in [0.05, 0.1) is 18.8 Å². The zero-order valence-electron chi connectivity index (χ0n) is 15.6. The van der Waals surface area contributed by atoms with E-state index in [-0.39, 0.29) is 17.9 Å². The summed E-state index contributed by atoms with van der Waals surface area (Å²) >= 11 is 0. The van der Waals surface area contributed by atoms with Gasteiger partial charge >= 0.3 is 6.03 Å². The van der Waals surface area contributed by atoms with Gasteiger partial charge in [-0.15, -0.1) is 0 Å². The van der Waals surface area contributed by atoms with E-state index in [1.165, 1.54) is 31.4 Å². The Hall–Kier alpha value is -1.62. The molecule has 25 heavy (non-hydrogen) atoms. The van der Waals surface area contributed by atoms with Crippen LogP contribution in [0.5, 0.6) is 0 Å². The van der Waals surface area contributed by atoms with Gasteiger partial charge in [0.1, 0.15) is 5.82 Å². The molecule has 0 aliphatic heterocycles. The minimum absolute atomic E-state index is 0.107. The molecule has 4 nitrogen and oxygen atoms in total. The van der Waals surface area contributed by atoms with Crippen molar-refractivity contribution < 1.29 is 13.9 Å². The molecule has 0 aromatic heterocycles. The fourth-order valence-corrected chi connectivity index (χ4v) is 3.51. The van der Waals surface area contributed by atoms with Crippen LogP contribution in [-0.2, 0) is 4.74 Å². The molecule has 1 fully saturated rings. The quantitative estimate of drug-likeness (QED) is 0.735. The Morgan fingerprint density at radius 3 is 2.64 bits per heavy atom. The third-order valence-electron chi connectivity index (χ3n) is 5.16. The summed E-state index contributed by atoms with van der Waals surface area (Å²) < 4.78 is 19.0. The molecule has 140 valence electrons. The molecule has 2 amide bonds. The molecule has 1 aromatic rings. The van der Waals surface area contributed by atoms with E-state index < -0.39 is 0 Å². The van der Waals surface area contributed by atoms with Crippen LogP contribution in [0, 0.1) is 11.7 Å². The summed E-state index contributed by atoms with van der Waals surface area (Å²) in [5, 5.41) is 2.94. The summed E-state index contributed by atoms with van der Waals surface area (Å²) in [4.78, 5) is 14.2. The summed E-state index contributed by atoms with van der Waals surface area (Å²) in [5.74, 6) is 0.340. The predicted molar refractivity (Wildman–Crippen MR) is 98.0 cm³/mol. The smallest absolute Gasteiger partial charge is 0.317 e. The molecule has 0 heterocycles. The van der Waals surface area contributed by atoms with E-state index in [0.29, 0.717) is 31.7 Å². The van der Waals surface area contributed by atoms with Gasteiger partial charge in [-0.2, -0.15) is 0 Å². The second kappa shape index (κ2) is 9.76. The third kappa shape index (κ3) is 5.70. The molecule has 3 unspecified atom stereocenters. The number of halogens is 1. The van der Waals surface area contributed by atoms with Gasteiger partial charge in [0.2, 0.25) is 0 Å². The largest absolute Gasteiger partial charge is 0.376 e. The van der Waals surface area contributed by atoms with Crippen molar-refractivity contribution in [2.45, 2.75) is 58.6 Å². The van der Waals surface area contributed by atoms with E-state index in [1.54, 1.807) is 17.0 Å². The van der Waals surface area contributed by atoms with Gasteiger partial charge < -0.3 is 15.0 Å². The molecule has 1 N–H and O–H groups in total. The van der Waals surface area contributed by atoms with E-state index in [9.17, 15) is 9.18 Å². The molecular weight excluding hydrogens is 319 g/mol. The van der Waals surface area contributed by atoms with Crippen molar-refractivity contribution in [2.75, 3.05) is 19.7 Å². The first-order valence-corrected chi connectivity index (χ1v) is 9.44. The van der Waals surface area contributed by atoms with Crippen LogP contribution in [0.3, 0.4) is 0 Å². The molecule has 1 aliphatic carbocycles. The summed E-state index contributed by atoms with van der Waals surface area (Å²) in [5.41, 5.74) is 0.922. The highest BCUT2D eigenvalue weighted by molar-refractivity contribution is 5.74. The van der Waals surface area contributed by atoms with Crippen molar-refractivity contribution >= 4 is 6.03 Å². The number of ether oxygens (including phenoxy) is 1. The summed E-state index contributed by atoms with van der Waals surface area (Å²) in [6.07, 6.45) is 5.21. The number of hydrogen-bond donors (Lipinski definition) is 1. The molecule has 2 rings (SSSR count). The normalized spacial score (nSPS) is 21.6. The number of rotatable bonds is 7. The van der Waals surface area contributed by atoms with Crippen LogP contribution in [0.1, 0.15) is 58.1 Å². The number of urea groups is 1. The lowest BCUT2D eigenvalue weighted by Gasteiger charge is -2.30. The first-order valence-electron chi connectivity index (χ1n) is 9.44. The minimum atomic E-state index is -0.266. The zero-order valence-corrected chi connectivity index (χ0v) is 15.6. The SMILES string of the molecule is CCN(C(=O)NCCOC1CCCCC1C)C(C)c1ccc(F)cc1. The van der Waals surface area contributed by atoms with Gasteiger partial charge in [-0.25, -0.2) is 9.18 Å². The van der Waals surface area contributed by atoms with Crippen molar-refractivity contribution in [3.8, 4) is 0 Å². The van der Waals surface area contributed by atoms with Crippen LogP contribution in [0.15, 0.2) is 24.3 Å². The van der Waals surface area contributed by atoms with Crippen molar-refractivity contribution in [2.24, 2.45) is 5.92 Å². The van der Waals surface area contributed by atoms with Crippen LogP contribution in [0.25, 0.3) is 0 Å². The lowest BCUT2D eigenvalue weighted by molar-refractivity contribution is -0.00279. The Morgan fingerprint density at radius 2 is 2.00 bits per heavy atom. The standard InChI is InChI=1S/C20H31FN2O2/c1-4-23(16(3)17-9-11-18(21)12-10-17)20(24)22-13-14-25-19-8-6-5-7-15(19)2/h9-12,15-16,19H,4-8,13-14H2,1-3H3,(H,22,24). The maximum absolute atomic E-state index is 13.1. The summed E-state index contributed by atoms with van der Waals surface area (Å²) in [6, 6.07) is 6.09. The van der Waals surface area contributed by atoms with E-state index in [0.717, 1.165) is 12.0 Å². The molecule has 0 saturated heterocycles. The van der Waals surface area contributed by atoms with Gasteiger partial charge in [0.15, 0.2) is 0 Å². The first kappa shape index (κ1) is 19.7. The van der Waals surface area contributed by atoms with Crippen LogP contribution in [-0.4, -0.2) is 36.7 Å². The molecule has 0 radical (unpaired) electrons. The molecular formula is C20H31FN2O2. The average molecular weight is 350 g/mol. The van der Waals surface area contributed by atoms with Gasteiger partial charge in [-0.05, 0) is 50.3 Å². The Morgan fingerprint density at radius 1 is 1.32 bits per heavy atom. The maximum Gasteiger partial charge on any atom is 0.317 e. The highest BCUT2D eigenvalue weighted by atomic mass is 19.1. The third-order valence-corrected chi connectivity index (χ3v) is 5.16. The monoisotopic (exact) mass is 350 g/mol. The minimum Gasteiger partial charge on any atom is -0.376 e. The van der Waals surface area contributed by atoms with Crippen molar-refractivity contribution in [3.05, 3.63) is 35.6 Å². The highest BCUT2D eigenvalue weighted by Gasteiger charge is 2.22. The molecule has 5 heteroatoms. The maximum atomic E-state index is 13.1. The van der Waals surface area contributed by atoms with Crippen LogP contribution in [0.4, 0.5) is 9.18 Å². The Bertz CT molecular complexity index is 535. The fourth-order valence-electron chi connectivity index (χ4n) is 3.51. The van der Waals surface area contributed by atoms with Crippen LogP contribution < -0.4 is 5.32 Å². The first-order chi connectivity index (χ1) is 12.0. The van der Waals surface area contributed by atoms with E-state index in [2.05, 4.69) is 12.2 Å². The van der Waals surface area contributed by atoms with E-state index >= 15 is 0 Å². The van der Waals surface area contributed by atoms with Gasteiger partial charge in [0, 0.05) is 13.1 Å². The second-order valence-corrected chi connectivity index (χ2v) is 6.92. The number of nitrogens with zero attached hydrogens (tertiary/aromatic N) is 1. The van der Waals surface area contributed by atoms with E-state index in [4.69, 9.17) is 4.74 Å². The summed E-state index contributed by atoms with van der Waals surface area (Å²) in [7, 11) is 0. The summed E-state index contributed by atoms with van der Waals surface area (Å²) in [6.45, 7) is 7.78. The number of amides is 2. The average Bonchev–Trinajstić information content (AvgIpc) is 2.61. The molecule has 1 aliphatic rings. The van der Waals surface area contributed by atoms with Gasteiger partial charge in [-0.1, -0.05) is 31.9 Å². The molecule has 3 atom stereocenters. The fraction of sp³-hybridized carbons (Fsp3) is 0.650. The molecule has 0 bridgehead atoms. The number of carbonyl (C=O) groups excluding carboxylic acids is 1. The van der Waals surface area contributed by atoms with E-state index in [1.807, 2.05) is 13.8 Å². The van der Waals surface area contributed by atoms with Crippen molar-refractivity contribution in [1.29, 1.82) is 0 Å². The Labute approximate surface area is 150 Å². The lowest BCUT2D eigenvalue weighted by Crippen LogP contribution is -2.42. The highest BCUT2D eigenvalue weighted by Crippen LogP contribution is 2.26. The van der Waals surface area contributed by atoms with Gasteiger partial charge in [-0.3, -0.25) is 0 Å². The van der Waals surface area contributed by atoms with Crippen LogP contribution >= 0.6 is 0 Å². The second-order valence-electron chi connectivity index (χ2n) is 6.92. The Kier molecular flexibility index (Phi) is 7.69. The number of carbonyl (C=O) groups is 1. The van der Waals surface area contributed by atoms with Gasteiger partial charge in [0.25, 0.3) is 0 Å². The number of hydrogen-bond acceptors (Lipinski definition) is 2. The molecule has 1 saturated carbocycles. The Balaban J connectivity index is 1.78. The lowest BCUT2D eigenvalue weighted by atomic mass is 9.88. The van der Waals surface area contributed by atoms with Crippen molar-refractivity contribution in [1.82, 2.24) is 10.2 Å². The zero-order chi connectivity index (χ0) is 18.2. The van der Waals surface area contributed by atoms with Crippen LogP contribution in [0.2, 0.25) is 0 Å².